The van der Waals surface area contributed by atoms with Gasteiger partial charge in [0.2, 0.25) is 5.88 Å². The maximum Gasteiger partial charge on any atom is 0.425 e. The summed E-state index contributed by atoms with van der Waals surface area (Å²) < 4.78 is 42.2. The Bertz CT molecular complexity index is 400. The van der Waals surface area contributed by atoms with Crippen molar-refractivity contribution in [3.63, 3.8) is 0 Å². The van der Waals surface area contributed by atoms with Gasteiger partial charge >= 0.3 is 6.18 Å². The highest BCUT2D eigenvalue weighted by Gasteiger charge is 2.38. The molecule has 4 nitrogen and oxygen atoms in total. The van der Waals surface area contributed by atoms with Crippen molar-refractivity contribution in [2.24, 2.45) is 0 Å². The molecule has 1 unspecified atom stereocenters. The van der Waals surface area contributed by atoms with Gasteiger partial charge in [-0.15, -0.1) is 0 Å². The van der Waals surface area contributed by atoms with Crippen molar-refractivity contribution in [3.05, 3.63) is 10.8 Å². The van der Waals surface area contributed by atoms with Gasteiger partial charge in [0.15, 0.2) is 6.10 Å². The van der Waals surface area contributed by atoms with E-state index in [9.17, 15) is 13.2 Å². The molecule has 0 fully saturated rings. The van der Waals surface area contributed by atoms with Crippen LogP contribution in [0.4, 0.5) is 19.0 Å². The van der Waals surface area contributed by atoms with E-state index in [1.54, 1.807) is 0 Å². The molecule has 1 heterocycles. The zero-order chi connectivity index (χ0) is 13.8. The Morgan fingerprint density at radius 2 is 2.11 bits per heavy atom. The van der Waals surface area contributed by atoms with Gasteiger partial charge in [-0.1, -0.05) is 6.92 Å². The molecule has 18 heavy (non-hydrogen) atoms. The first-order chi connectivity index (χ1) is 8.36. The first-order valence-corrected chi connectivity index (χ1v) is 6.13. The predicted octanol–water partition coefficient (Wildman–Crippen LogP) is 3.39. The third-order valence-electron chi connectivity index (χ3n) is 2.05. The molecule has 0 saturated carbocycles. The Balaban J connectivity index is 2.84. The van der Waals surface area contributed by atoms with Crippen molar-refractivity contribution in [3.8, 4) is 5.88 Å². The van der Waals surface area contributed by atoms with Gasteiger partial charge in [0.25, 0.3) is 0 Å². The fourth-order valence-electron chi connectivity index (χ4n) is 1.04. The van der Waals surface area contributed by atoms with Gasteiger partial charge < -0.3 is 10.1 Å². The highest BCUT2D eigenvalue weighted by molar-refractivity contribution is 9.10. The van der Waals surface area contributed by atoms with Gasteiger partial charge in [0, 0.05) is 6.54 Å². The Hall–Kier alpha value is -1.05. The van der Waals surface area contributed by atoms with Gasteiger partial charge in [-0.2, -0.15) is 13.2 Å². The summed E-state index contributed by atoms with van der Waals surface area (Å²) in [6.07, 6.45) is -4.34. The molecule has 0 aliphatic rings. The molecule has 0 aliphatic carbocycles. The lowest BCUT2D eigenvalue weighted by molar-refractivity contribution is -0.190. The Morgan fingerprint density at radius 3 is 2.67 bits per heavy atom. The molecular weight excluding hydrogens is 315 g/mol. The third-order valence-corrected chi connectivity index (χ3v) is 2.76. The SMILES string of the molecule is CCCNc1ncnc(OC(C)C(F)(F)F)c1Br. The highest BCUT2D eigenvalue weighted by Crippen LogP contribution is 2.31. The van der Waals surface area contributed by atoms with E-state index in [4.69, 9.17) is 4.74 Å². The van der Waals surface area contributed by atoms with Crippen molar-refractivity contribution >= 4 is 21.7 Å². The van der Waals surface area contributed by atoms with E-state index in [-0.39, 0.29) is 10.4 Å². The van der Waals surface area contributed by atoms with E-state index in [1.807, 2.05) is 6.92 Å². The van der Waals surface area contributed by atoms with Crippen LogP contribution in [-0.4, -0.2) is 28.8 Å². The van der Waals surface area contributed by atoms with Crippen LogP contribution >= 0.6 is 15.9 Å². The minimum atomic E-state index is -4.43. The van der Waals surface area contributed by atoms with Crippen molar-refractivity contribution < 1.29 is 17.9 Å². The lowest BCUT2D eigenvalue weighted by Crippen LogP contribution is -2.31. The lowest BCUT2D eigenvalue weighted by Gasteiger charge is -2.18. The van der Waals surface area contributed by atoms with Crippen LogP contribution in [0.3, 0.4) is 0 Å². The summed E-state index contributed by atoms with van der Waals surface area (Å²) in [6.45, 7) is 3.54. The van der Waals surface area contributed by atoms with Crippen LogP contribution < -0.4 is 10.1 Å². The van der Waals surface area contributed by atoms with Crippen LogP contribution in [0.2, 0.25) is 0 Å². The number of hydrogen-bond donors (Lipinski definition) is 1. The molecule has 1 aromatic rings. The lowest BCUT2D eigenvalue weighted by atomic mass is 10.4. The molecule has 102 valence electrons. The maximum absolute atomic E-state index is 12.4. The molecule has 0 aromatic carbocycles. The summed E-state index contributed by atoms with van der Waals surface area (Å²) in [4.78, 5) is 7.60. The standard InChI is InChI=1S/C10H13BrF3N3O/c1-3-4-15-8-7(11)9(17-5-16-8)18-6(2)10(12,13)14/h5-6H,3-4H2,1-2H3,(H,15,16,17). The van der Waals surface area contributed by atoms with E-state index in [0.29, 0.717) is 12.4 Å². The molecule has 0 saturated heterocycles. The number of anilines is 1. The summed E-state index contributed by atoms with van der Waals surface area (Å²) in [7, 11) is 0. The number of hydrogen-bond acceptors (Lipinski definition) is 4. The minimum Gasteiger partial charge on any atom is -0.464 e. The van der Waals surface area contributed by atoms with Crippen LogP contribution in [0, 0.1) is 0 Å². The van der Waals surface area contributed by atoms with Gasteiger partial charge in [0.05, 0.1) is 0 Å². The quantitative estimate of drug-likeness (QED) is 0.900. The summed E-state index contributed by atoms with van der Waals surface area (Å²) >= 11 is 3.13. The fraction of sp³-hybridized carbons (Fsp3) is 0.600. The second-order valence-electron chi connectivity index (χ2n) is 3.57. The van der Waals surface area contributed by atoms with Gasteiger partial charge in [0.1, 0.15) is 16.6 Å². The molecular formula is C10H13BrF3N3O. The maximum atomic E-state index is 12.4. The zero-order valence-electron chi connectivity index (χ0n) is 9.88. The van der Waals surface area contributed by atoms with Gasteiger partial charge in [-0.3, -0.25) is 0 Å². The minimum absolute atomic E-state index is 0.131. The monoisotopic (exact) mass is 327 g/mol. The number of nitrogens with zero attached hydrogens (tertiary/aromatic N) is 2. The average molecular weight is 328 g/mol. The molecule has 1 N–H and O–H groups in total. The van der Waals surface area contributed by atoms with E-state index in [2.05, 4.69) is 31.2 Å². The molecule has 0 bridgehead atoms. The largest absolute Gasteiger partial charge is 0.464 e. The molecule has 0 radical (unpaired) electrons. The molecule has 0 spiro atoms. The average Bonchev–Trinajstić information content (AvgIpc) is 2.29. The number of halogens is 4. The topological polar surface area (TPSA) is 47.0 Å². The van der Waals surface area contributed by atoms with Crippen molar-refractivity contribution in [1.29, 1.82) is 0 Å². The van der Waals surface area contributed by atoms with Gasteiger partial charge in [-0.05, 0) is 29.3 Å². The van der Waals surface area contributed by atoms with E-state index in [1.165, 1.54) is 0 Å². The number of aromatic nitrogens is 2. The Kier molecular flexibility index (Phi) is 5.18. The summed E-state index contributed by atoms with van der Waals surface area (Å²) in [5.74, 6) is 0.282. The normalized spacial score (nSPS) is 13.2. The number of alkyl halides is 3. The summed E-state index contributed by atoms with van der Waals surface area (Å²) in [5, 5.41) is 2.96. The van der Waals surface area contributed by atoms with Gasteiger partial charge in [-0.25, -0.2) is 9.97 Å². The number of ether oxygens (including phenoxy) is 1. The van der Waals surface area contributed by atoms with Crippen molar-refractivity contribution in [2.45, 2.75) is 32.5 Å². The van der Waals surface area contributed by atoms with Crippen LogP contribution in [0.1, 0.15) is 20.3 Å². The predicted molar refractivity (Wildman–Crippen MR) is 64.7 cm³/mol. The molecule has 8 heteroatoms. The molecule has 0 aliphatic heterocycles. The summed E-state index contributed by atoms with van der Waals surface area (Å²) in [5.41, 5.74) is 0. The molecule has 1 rings (SSSR count). The fourth-order valence-corrected chi connectivity index (χ4v) is 1.48. The molecule has 1 aromatic heterocycles. The van der Waals surface area contributed by atoms with Crippen LogP contribution in [0.15, 0.2) is 10.8 Å². The van der Waals surface area contributed by atoms with Crippen LogP contribution in [-0.2, 0) is 0 Å². The Labute approximate surface area is 111 Å². The highest BCUT2D eigenvalue weighted by atomic mass is 79.9. The van der Waals surface area contributed by atoms with E-state index in [0.717, 1.165) is 19.7 Å². The summed E-state index contributed by atoms with van der Waals surface area (Å²) in [6, 6.07) is 0. The van der Waals surface area contributed by atoms with Crippen LogP contribution in [0.25, 0.3) is 0 Å². The van der Waals surface area contributed by atoms with E-state index >= 15 is 0 Å². The second-order valence-corrected chi connectivity index (χ2v) is 4.36. The second kappa shape index (κ2) is 6.21. The first kappa shape index (κ1) is 15.0. The number of rotatable bonds is 5. The van der Waals surface area contributed by atoms with E-state index < -0.39 is 12.3 Å². The Morgan fingerprint density at radius 1 is 1.44 bits per heavy atom. The number of nitrogens with one attached hydrogen (secondary N) is 1. The smallest absolute Gasteiger partial charge is 0.425 e. The van der Waals surface area contributed by atoms with Crippen LogP contribution in [0.5, 0.6) is 5.88 Å². The van der Waals surface area contributed by atoms with Crippen molar-refractivity contribution in [1.82, 2.24) is 9.97 Å². The zero-order valence-corrected chi connectivity index (χ0v) is 11.5. The molecule has 0 amide bonds. The first-order valence-electron chi connectivity index (χ1n) is 5.34. The third kappa shape index (κ3) is 4.01. The molecule has 1 atom stereocenters. The van der Waals surface area contributed by atoms with Crippen molar-refractivity contribution in [2.75, 3.05) is 11.9 Å².